The average Bonchev–Trinajstić information content (AvgIpc) is 2.82. The van der Waals surface area contributed by atoms with Crippen LogP contribution in [0.2, 0.25) is 0 Å². The molecule has 0 atom stereocenters. The van der Waals surface area contributed by atoms with Gasteiger partial charge in [-0.05, 0) is 69.2 Å². The summed E-state index contributed by atoms with van der Waals surface area (Å²) >= 11 is 0. The van der Waals surface area contributed by atoms with Gasteiger partial charge in [-0.1, -0.05) is 53.6 Å². The first-order valence-corrected chi connectivity index (χ1v) is 13.8. The summed E-state index contributed by atoms with van der Waals surface area (Å²) in [6, 6.07) is 20.1. The van der Waals surface area contributed by atoms with Gasteiger partial charge in [-0.25, -0.2) is 25.4 Å². The average molecular weight is 493 g/mol. The van der Waals surface area contributed by atoms with Crippen molar-refractivity contribution < 1.29 is 16.8 Å². The Hall–Kier alpha value is -3.36. The van der Waals surface area contributed by atoms with Crippen molar-refractivity contribution in [1.29, 1.82) is 0 Å². The highest BCUT2D eigenvalue weighted by molar-refractivity contribution is 7.93. The number of hydrogen-bond donors (Lipinski definition) is 0. The van der Waals surface area contributed by atoms with E-state index in [0.717, 1.165) is 11.1 Å². The van der Waals surface area contributed by atoms with Crippen LogP contribution in [0, 0.1) is 13.8 Å². The van der Waals surface area contributed by atoms with Gasteiger partial charge in [0, 0.05) is 0 Å². The molecule has 5 rings (SSSR count). The molecule has 8 heteroatoms. The first-order chi connectivity index (χ1) is 16.2. The van der Waals surface area contributed by atoms with E-state index in [0.29, 0.717) is 35.6 Å². The molecule has 34 heavy (non-hydrogen) atoms. The van der Waals surface area contributed by atoms with Gasteiger partial charge in [-0.3, -0.25) is 0 Å². The van der Waals surface area contributed by atoms with E-state index in [1.54, 1.807) is 78.9 Å². The van der Waals surface area contributed by atoms with Crippen molar-refractivity contribution in [2.24, 2.45) is 0 Å². The number of aryl methyl sites for hydroxylation is 2. The second-order valence-electron chi connectivity index (χ2n) is 8.43. The third kappa shape index (κ3) is 3.54. The van der Waals surface area contributed by atoms with Crippen molar-refractivity contribution in [1.82, 2.24) is 0 Å². The van der Waals surface area contributed by atoms with E-state index in [2.05, 4.69) is 0 Å². The number of anilines is 2. The minimum Gasteiger partial charge on any atom is -0.234 e. The van der Waals surface area contributed by atoms with Crippen LogP contribution in [0.3, 0.4) is 0 Å². The zero-order chi connectivity index (χ0) is 24.1. The SMILES string of the molecule is Cc1ccc(S(=O)(=O)N2C3=C(CCC=C3)N(S(=O)(=O)c3ccc(C)cc3)c3ccccc32)cc1. The molecule has 0 spiro atoms. The molecule has 174 valence electrons. The van der Waals surface area contributed by atoms with Crippen LogP contribution in [0.4, 0.5) is 11.4 Å². The Balaban J connectivity index is 1.76. The fraction of sp³-hybridized carbons (Fsp3) is 0.154. The lowest BCUT2D eigenvalue weighted by Gasteiger charge is -2.40. The Kier molecular flexibility index (Phi) is 5.37. The van der Waals surface area contributed by atoms with E-state index >= 15 is 0 Å². The number of rotatable bonds is 4. The Morgan fingerprint density at radius 3 is 1.65 bits per heavy atom. The molecule has 6 nitrogen and oxygen atoms in total. The second kappa shape index (κ2) is 8.14. The molecule has 0 fully saturated rings. The maximum Gasteiger partial charge on any atom is 0.268 e. The van der Waals surface area contributed by atoms with E-state index < -0.39 is 20.0 Å². The fourth-order valence-corrected chi connectivity index (χ4v) is 7.39. The highest BCUT2D eigenvalue weighted by Gasteiger charge is 2.42. The zero-order valence-corrected chi connectivity index (χ0v) is 20.5. The number of para-hydroxylation sites is 2. The van der Waals surface area contributed by atoms with Crippen LogP contribution in [0.25, 0.3) is 0 Å². The lowest BCUT2D eigenvalue weighted by Crippen LogP contribution is -2.42. The predicted molar refractivity (Wildman–Crippen MR) is 134 cm³/mol. The Bertz CT molecular complexity index is 1540. The molecular formula is C26H24N2O4S2. The van der Waals surface area contributed by atoms with Gasteiger partial charge in [0.15, 0.2) is 0 Å². The Morgan fingerprint density at radius 1 is 0.647 bits per heavy atom. The topological polar surface area (TPSA) is 74.8 Å². The molecule has 3 aromatic rings. The van der Waals surface area contributed by atoms with Crippen LogP contribution in [-0.4, -0.2) is 16.8 Å². The van der Waals surface area contributed by atoms with Crippen molar-refractivity contribution in [3.8, 4) is 0 Å². The maximum atomic E-state index is 13.9. The van der Waals surface area contributed by atoms with E-state index in [4.69, 9.17) is 0 Å². The van der Waals surface area contributed by atoms with E-state index in [9.17, 15) is 16.8 Å². The Morgan fingerprint density at radius 2 is 1.12 bits per heavy atom. The van der Waals surface area contributed by atoms with Crippen LogP contribution < -0.4 is 8.61 Å². The minimum atomic E-state index is -4.00. The highest BCUT2D eigenvalue weighted by Crippen LogP contribution is 2.47. The molecule has 1 heterocycles. The predicted octanol–water partition coefficient (Wildman–Crippen LogP) is 5.27. The first-order valence-electron chi connectivity index (χ1n) is 10.9. The van der Waals surface area contributed by atoms with Gasteiger partial charge in [0.2, 0.25) is 0 Å². The van der Waals surface area contributed by atoms with Crippen LogP contribution in [0.15, 0.2) is 106 Å². The molecule has 2 aliphatic rings. The number of nitrogens with zero attached hydrogens (tertiary/aromatic N) is 2. The second-order valence-corrected chi connectivity index (χ2v) is 12.0. The largest absolute Gasteiger partial charge is 0.268 e. The molecule has 0 amide bonds. The quantitative estimate of drug-likeness (QED) is 0.497. The number of fused-ring (bicyclic) bond motifs is 1. The van der Waals surface area contributed by atoms with Gasteiger partial charge >= 0.3 is 0 Å². The number of benzene rings is 3. The maximum absolute atomic E-state index is 13.9. The summed E-state index contributed by atoms with van der Waals surface area (Å²) in [7, 11) is -7.98. The molecule has 3 aromatic carbocycles. The summed E-state index contributed by atoms with van der Waals surface area (Å²) in [5.41, 5.74) is 3.30. The lowest BCUT2D eigenvalue weighted by atomic mass is 10.0. The number of sulfonamides is 2. The van der Waals surface area contributed by atoms with E-state index in [-0.39, 0.29) is 9.79 Å². The van der Waals surface area contributed by atoms with Crippen LogP contribution in [-0.2, 0) is 20.0 Å². The highest BCUT2D eigenvalue weighted by atomic mass is 32.2. The third-order valence-corrected chi connectivity index (χ3v) is 9.53. The molecule has 0 radical (unpaired) electrons. The molecular weight excluding hydrogens is 468 g/mol. The molecule has 0 saturated carbocycles. The summed E-state index contributed by atoms with van der Waals surface area (Å²) in [5, 5.41) is 0. The van der Waals surface area contributed by atoms with Crippen LogP contribution in [0.5, 0.6) is 0 Å². The van der Waals surface area contributed by atoms with Crippen LogP contribution >= 0.6 is 0 Å². The summed E-state index contributed by atoms with van der Waals surface area (Å²) < 4.78 is 58.1. The molecule has 0 saturated heterocycles. The molecule has 0 bridgehead atoms. The molecule has 1 aliphatic carbocycles. The van der Waals surface area contributed by atoms with Gasteiger partial charge < -0.3 is 0 Å². The van der Waals surface area contributed by atoms with Gasteiger partial charge in [-0.15, -0.1) is 0 Å². The molecule has 0 unspecified atom stereocenters. The molecule has 0 N–H and O–H groups in total. The fourth-order valence-electron chi connectivity index (χ4n) is 4.28. The normalized spacial score (nSPS) is 15.8. The third-order valence-electron chi connectivity index (χ3n) is 6.02. The van der Waals surface area contributed by atoms with Crippen molar-refractivity contribution in [2.75, 3.05) is 8.61 Å². The van der Waals surface area contributed by atoms with Gasteiger partial charge in [0.25, 0.3) is 20.0 Å². The smallest absolute Gasteiger partial charge is 0.234 e. The summed E-state index contributed by atoms with van der Waals surface area (Å²) in [6.45, 7) is 3.79. The van der Waals surface area contributed by atoms with Gasteiger partial charge in [0.05, 0.1) is 32.6 Å². The van der Waals surface area contributed by atoms with Crippen molar-refractivity contribution in [3.63, 3.8) is 0 Å². The summed E-state index contributed by atoms with van der Waals surface area (Å²) in [5.74, 6) is 0. The van der Waals surface area contributed by atoms with E-state index in [1.807, 2.05) is 19.9 Å². The summed E-state index contributed by atoms with van der Waals surface area (Å²) in [6.07, 6.45) is 4.59. The first kappa shape index (κ1) is 22.4. The zero-order valence-electron chi connectivity index (χ0n) is 18.8. The number of hydrogen-bond acceptors (Lipinski definition) is 4. The van der Waals surface area contributed by atoms with E-state index in [1.165, 1.54) is 8.61 Å². The van der Waals surface area contributed by atoms with Crippen LogP contribution in [0.1, 0.15) is 24.0 Å². The lowest BCUT2D eigenvalue weighted by molar-refractivity contribution is 0.588. The molecule has 1 aliphatic heterocycles. The van der Waals surface area contributed by atoms with Crippen molar-refractivity contribution >= 4 is 31.4 Å². The van der Waals surface area contributed by atoms with Crippen molar-refractivity contribution in [2.45, 2.75) is 36.5 Å². The van der Waals surface area contributed by atoms with Gasteiger partial charge in [0.1, 0.15) is 0 Å². The van der Waals surface area contributed by atoms with Crippen molar-refractivity contribution in [3.05, 3.63) is 107 Å². The Labute approximate surface area is 200 Å². The monoisotopic (exact) mass is 492 g/mol. The minimum absolute atomic E-state index is 0.147. The standard InChI is InChI=1S/C26H24N2O4S2/c1-19-11-15-21(16-12-19)33(29,30)27-23-7-3-5-9-25(23)28(26-10-6-4-8-24(26)27)34(31,32)22-17-13-20(2)14-18-22/h3-5,7-9,11-18H,6,10H2,1-2H3. The number of allylic oxidation sites excluding steroid dienone is 3. The summed E-state index contributed by atoms with van der Waals surface area (Å²) in [4.78, 5) is 0.303. The molecule has 0 aromatic heterocycles. The van der Waals surface area contributed by atoms with Gasteiger partial charge in [-0.2, -0.15) is 0 Å².